The van der Waals surface area contributed by atoms with Crippen molar-refractivity contribution in [2.75, 3.05) is 37.6 Å². The van der Waals surface area contributed by atoms with E-state index in [1.165, 1.54) is 24.1 Å². The maximum absolute atomic E-state index is 12.8. The lowest BCUT2D eigenvalue weighted by Gasteiger charge is -2.50. The molecule has 2 saturated carbocycles. The average molecular weight is 420 g/mol. The molecule has 2 aliphatic carbocycles. The zero-order valence-electron chi connectivity index (χ0n) is 18.6. The lowest BCUT2D eigenvalue weighted by atomic mass is 9.55. The van der Waals surface area contributed by atoms with Crippen LogP contribution in [0.2, 0.25) is 0 Å². The predicted octanol–water partition coefficient (Wildman–Crippen LogP) is 3.99. The Bertz CT molecular complexity index is 896. The second kappa shape index (κ2) is 7.98. The Labute approximate surface area is 185 Å². The summed E-state index contributed by atoms with van der Waals surface area (Å²) < 4.78 is 5.95. The van der Waals surface area contributed by atoms with Crippen molar-refractivity contribution in [3.63, 3.8) is 0 Å². The van der Waals surface area contributed by atoms with Crippen molar-refractivity contribution in [1.29, 1.82) is 5.26 Å². The van der Waals surface area contributed by atoms with Crippen LogP contribution in [0.4, 0.5) is 5.69 Å². The number of carbonyl (C=O) groups excluding carboxylic acids is 1. The van der Waals surface area contributed by atoms with Gasteiger partial charge in [-0.25, -0.2) is 0 Å². The van der Waals surface area contributed by atoms with Gasteiger partial charge in [0, 0.05) is 44.3 Å². The highest BCUT2D eigenvalue weighted by molar-refractivity contribution is 5.75. The molecule has 164 valence electrons. The van der Waals surface area contributed by atoms with Crippen molar-refractivity contribution in [2.45, 2.75) is 45.1 Å². The SMILES string of the molecule is C=C1CCC[C@]2(C)C[C@H]3OC(=O)[C@@H](CN4CCN(c5ccc(C#N)cc5)CC4)[C@H]3C[C@H]12. The van der Waals surface area contributed by atoms with Gasteiger partial charge in [-0.15, -0.1) is 0 Å². The number of benzene rings is 1. The van der Waals surface area contributed by atoms with Crippen molar-refractivity contribution in [1.82, 2.24) is 4.90 Å². The molecule has 0 aromatic heterocycles. The Kier molecular flexibility index (Phi) is 5.30. The Morgan fingerprint density at radius 1 is 1.23 bits per heavy atom. The third kappa shape index (κ3) is 3.76. The van der Waals surface area contributed by atoms with E-state index in [9.17, 15) is 4.79 Å². The summed E-state index contributed by atoms with van der Waals surface area (Å²) in [7, 11) is 0. The molecule has 0 unspecified atom stereocenters. The van der Waals surface area contributed by atoms with Crippen LogP contribution >= 0.6 is 0 Å². The number of carbonyl (C=O) groups is 1. The molecule has 5 rings (SSSR count). The summed E-state index contributed by atoms with van der Waals surface area (Å²) in [5.74, 6) is 0.924. The largest absolute Gasteiger partial charge is 0.462 e. The molecule has 5 heteroatoms. The number of anilines is 1. The van der Waals surface area contributed by atoms with E-state index in [1.54, 1.807) is 0 Å². The van der Waals surface area contributed by atoms with E-state index >= 15 is 0 Å². The number of hydrogen-bond donors (Lipinski definition) is 0. The highest BCUT2D eigenvalue weighted by atomic mass is 16.6. The van der Waals surface area contributed by atoms with Gasteiger partial charge in [-0.3, -0.25) is 9.69 Å². The van der Waals surface area contributed by atoms with E-state index in [4.69, 9.17) is 10.00 Å². The normalized spacial score (nSPS) is 35.8. The first-order valence-corrected chi connectivity index (χ1v) is 11.8. The number of hydrogen-bond acceptors (Lipinski definition) is 5. The van der Waals surface area contributed by atoms with Crippen LogP contribution in [-0.4, -0.2) is 49.7 Å². The lowest BCUT2D eigenvalue weighted by Crippen LogP contribution is -2.50. The second-order valence-corrected chi connectivity index (χ2v) is 10.4. The van der Waals surface area contributed by atoms with Crippen LogP contribution < -0.4 is 4.90 Å². The molecule has 4 aliphatic rings. The summed E-state index contributed by atoms with van der Waals surface area (Å²) in [5, 5.41) is 8.99. The highest BCUT2D eigenvalue weighted by Crippen LogP contribution is 2.56. The van der Waals surface area contributed by atoms with Crippen LogP contribution in [0.25, 0.3) is 0 Å². The molecule has 2 aliphatic heterocycles. The monoisotopic (exact) mass is 419 g/mol. The number of esters is 1. The van der Waals surface area contributed by atoms with Crippen LogP contribution in [0.1, 0.15) is 44.6 Å². The van der Waals surface area contributed by atoms with Gasteiger partial charge >= 0.3 is 5.97 Å². The van der Waals surface area contributed by atoms with E-state index in [0.29, 0.717) is 17.4 Å². The summed E-state index contributed by atoms with van der Waals surface area (Å²) in [4.78, 5) is 17.7. The second-order valence-electron chi connectivity index (χ2n) is 10.4. The van der Waals surface area contributed by atoms with Crippen molar-refractivity contribution in [3.8, 4) is 6.07 Å². The first kappa shape index (κ1) is 20.6. The molecule has 5 nitrogen and oxygen atoms in total. The number of rotatable bonds is 3. The van der Waals surface area contributed by atoms with Gasteiger partial charge in [0.25, 0.3) is 0 Å². The fourth-order valence-corrected chi connectivity index (χ4v) is 6.68. The molecule has 2 saturated heterocycles. The molecule has 0 N–H and O–H groups in total. The Balaban J connectivity index is 1.21. The molecule has 0 amide bonds. The standard InChI is InChI=1S/C26H33N3O2/c1-18-4-3-9-26(2)15-24-21(14-23(18)26)22(25(30)31-24)17-28-10-12-29(13-11-28)20-7-5-19(16-27)6-8-20/h5-8,21-24H,1,3-4,9-15,17H2,2H3/t21-,22+,23-,24-,26-/m1/s1. The van der Waals surface area contributed by atoms with Gasteiger partial charge in [-0.1, -0.05) is 19.1 Å². The molecule has 0 bridgehead atoms. The van der Waals surface area contributed by atoms with Gasteiger partial charge in [0.2, 0.25) is 0 Å². The topological polar surface area (TPSA) is 56.6 Å². The van der Waals surface area contributed by atoms with E-state index in [1.807, 2.05) is 24.3 Å². The van der Waals surface area contributed by atoms with E-state index in [2.05, 4.69) is 29.4 Å². The van der Waals surface area contributed by atoms with Crippen molar-refractivity contribution in [3.05, 3.63) is 42.0 Å². The molecule has 4 fully saturated rings. The summed E-state index contributed by atoms with van der Waals surface area (Å²) in [6.07, 6.45) is 5.79. The average Bonchev–Trinajstić information content (AvgIpc) is 3.06. The maximum Gasteiger partial charge on any atom is 0.310 e. The van der Waals surface area contributed by atoms with Gasteiger partial charge < -0.3 is 9.64 Å². The van der Waals surface area contributed by atoms with Crippen LogP contribution in [0.5, 0.6) is 0 Å². The van der Waals surface area contributed by atoms with E-state index < -0.39 is 0 Å². The Morgan fingerprint density at radius 2 is 1.97 bits per heavy atom. The summed E-state index contributed by atoms with van der Waals surface area (Å²) in [6.45, 7) is 11.4. The number of fused-ring (bicyclic) bond motifs is 2. The first-order chi connectivity index (χ1) is 15.0. The minimum absolute atomic E-state index is 0.00531. The van der Waals surface area contributed by atoms with E-state index in [0.717, 1.165) is 52.0 Å². The minimum Gasteiger partial charge on any atom is -0.462 e. The Morgan fingerprint density at radius 3 is 2.68 bits per heavy atom. The predicted molar refractivity (Wildman–Crippen MR) is 120 cm³/mol. The highest BCUT2D eigenvalue weighted by Gasteiger charge is 2.55. The van der Waals surface area contributed by atoms with Crippen molar-refractivity contribution >= 4 is 11.7 Å². The van der Waals surface area contributed by atoms with Crippen molar-refractivity contribution in [2.24, 2.45) is 23.2 Å². The molecule has 1 aromatic carbocycles. The third-order valence-electron chi connectivity index (χ3n) is 8.51. The molecule has 2 heterocycles. The van der Waals surface area contributed by atoms with Gasteiger partial charge in [-0.2, -0.15) is 5.26 Å². The number of piperazine rings is 1. The van der Waals surface area contributed by atoms with Gasteiger partial charge in [0.15, 0.2) is 0 Å². The smallest absolute Gasteiger partial charge is 0.310 e. The zero-order valence-corrected chi connectivity index (χ0v) is 18.6. The minimum atomic E-state index is 0.00531. The van der Waals surface area contributed by atoms with Gasteiger partial charge in [-0.05, 0) is 67.7 Å². The summed E-state index contributed by atoms with van der Waals surface area (Å²) in [5.41, 5.74) is 3.53. The molecular weight excluding hydrogens is 386 g/mol. The van der Waals surface area contributed by atoms with Gasteiger partial charge in [0.05, 0.1) is 17.6 Å². The van der Waals surface area contributed by atoms with E-state index in [-0.39, 0.29) is 23.4 Å². The quantitative estimate of drug-likeness (QED) is 0.548. The number of allylic oxidation sites excluding steroid dienone is 1. The van der Waals surface area contributed by atoms with Crippen molar-refractivity contribution < 1.29 is 9.53 Å². The number of nitrogens with zero attached hydrogens (tertiary/aromatic N) is 3. The lowest BCUT2D eigenvalue weighted by molar-refractivity contribution is -0.146. The molecule has 5 atom stereocenters. The zero-order chi connectivity index (χ0) is 21.6. The first-order valence-electron chi connectivity index (χ1n) is 11.8. The Hall–Kier alpha value is -2.32. The summed E-state index contributed by atoms with van der Waals surface area (Å²) in [6, 6.07) is 10.0. The van der Waals surface area contributed by atoms with Gasteiger partial charge in [0.1, 0.15) is 6.10 Å². The van der Waals surface area contributed by atoms with Crippen LogP contribution in [-0.2, 0) is 9.53 Å². The third-order valence-corrected chi connectivity index (χ3v) is 8.51. The molecule has 0 spiro atoms. The molecule has 31 heavy (non-hydrogen) atoms. The molecular formula is C26H33N3O2. The molecule has 1 aromatic rings. The summed E-state index contributed by atoms with van der Waals surface area (Å²) >= 11 is 0. The fourth-order valence-electron chi connectivity index (χ4n) is 6.68. The maximum atomic E-state index is 12.8. The fraction of sp³-hybridized carbons (Fsp3) is 0.615. The number of nitriles is 1. The van der Waals surface area contributed by atoms with Crippen LogP contribution in [0, 0.1) is 34.5 Å². The van der Waals surface area contributed by atoms with Crippen LogP contribution in [0.15, 0.2) is 36.4 Å². The molecule has 0 radical (unpaired) electrons. The number of ether oxygens (including phenoxy) is 1. The van der Waals surface area contributed by atoms with Crippen LogP contribution in [0.3, 0.4) is 0 Å².